The maximum Gasteiger partial charge on any atom is 0.0367 e. The van der Waals surface area contributed by atoms with Crippen LogP contribution in [0, 0.1) is 0 Å². The molecular formula is C14H24N2. The Morgan fingerprint density at radius 1 is 0.938 bits per heavy atom. The summed E-state index contributed by atoms with van der Waals surface area (Å²) in [5.74, 6) is 0. The molecule has 1 aliphatic heterocycles. The van der Waals surface area contributed by atoms with Crippen molar-refractivity contribution in [1.82, 2.24) is 4.90 Å². The first-order valence-corrected chi connectivity index (χ1v) is 6.42. The Hall–Kier alpha value is -1.02. The average molecular weight is 220 g/mol. The van der Waals surface area contributed by atoms with E-state index in [0.717, 1.165) is 13.1 Å². The Kier molecular flexibility index (Phi) is 5.94. The van der Waals surface area contributed by atoms with Crippen LogP contribution in [-0.2, 0) is 0 Å². The zero-order valence-corrected chi connectivity index (χ0v) is 10.8. The van der Waals surface area contributed by atoms with Gasteiger partial charge in [-0.15, -0.1) is 0 Å². The van der Waals surface area contributed by atoms with Crippen molar-refractivity contribution >= 4 is 5.69 Å². The van der Waals surface area contributed by atoms with Crippen LogP contribution in [0.3, 0.4) is 0 Å². The number of anilines is 1. The summed E-state index contributed by atoms with van der Waals surface area (Å²) in [5.41, 5.74) is 1.36. The molecule has 2 nitrogen and oxygen atoms in total. The molecule has 0 unspecified atom stereocenters. The predicted molar refractivity (Wildman–Crippen MR) is 72.1 cm³/mol. The van der Waals surface area contributed by atoms with Crippen LogP contribution >= 0.6 is 0 Å². The number of para-hydroxylation sites is 1. The zero-order chi connectivity index (χ0) is 11.8. The van der Waals surface area contributed by atoms with Gasteiger partial charge in [0, 0.05) is 31.9 Å². The molecule has 2 rings (SSSR count). The largest absolute Gasteiger partial charge is 0.369 e. The Morgan fingerprint density at radius 2 is 1.50 bits per heavy atom. The van der Waals surface area contributed by atoms with Gasteiger partial charge in [0.2, 0.25) is 0 Å². The van der Waals surface area contributed by atoms with Crippen molar-refractivity contribution in [2.75, 3.05) is 37.6 Å². The summed E-state index contributed by atoms with van der Waals surface area (Å²) >= 11 is 0. The van der Waals surface area contributed by atoms with E-state index >= 15 is 0 Å². The highest BCUT2D eigenvalue weighted by atomic mass is 15.3. The number of hydrogen-bond donors (Lipinski definition) is 0. The SMILES string of the molecule is CC.CCN1CCN(c2ccccc2)CC1. The molecule has 2 heteroatoms. The van der Waals surface area contributed by atoms with Gasteiger partial charge in [-0.2, -0.15) is 0 Å². The van der Waals surface area contributed by atoms with Crippen LogP contribution in [0.5, 0.6) is 0 Å². The summed E-state index contributed by atoms with van der Waals surface area (Å²) in [6, 6.07) is 10.7. The minimum absolute atomic E-state index is 1.16. The van der Waals surface area contributed by atoms with Crippen LogP contribution in [0.15, 0.2) is 30.3 Å². The number of rotatable bonds is 2. The van der Waals surface area contributed by atoms with Crippen LogP contribution in [0.25, 0.3) is 0 Å². The van der Waals surface area contributed by atoms with Gasteiger partial charge in [-0.1, -0.05) is 39.0 Å². The summed E-state index contributed by atoms with van der Waals surface area (Å²) in [7, 11) is 0. The zero-order valence-electron chi connectivity index (χ0n) is 10.8. The van der Waals surface area contributed by atoms with E-state index in [1.807, 2.05) is 13.8 Å². The molecule has 1 saturated heterocycles. The number of nitrogens with zero attached hydrogens (tertiary/aromatic N) is 2. The molecule has 0 aromatic heterocycles. The molecule has 0 radical (unpaired) electrons. The van der Waals surface area contributed by atoms with Crippen molar-refractivity contribution in [3.05, 3.63) is 30.3 Å². The van der Waals surface area contributed by atoms with E-state index in [-0.39, 0.29) is 0 Å². The lowest BCUT2D eigenvalue weighted by Gasteiger charge is -2.35. The van der Waals surface area contributed by atoms with Crippen molar-refractivity contribution in [2.45, 2.75) is 20.8 Å². The third kappa shape index (κ3) is 3.53. The summed E-state index contributed by atoms with van der Waals surface area (Å²) in [5, 5.41) is 0. The summed E-state index contributed by atoms with van der Waals surface area (Å²) in [6.45, 7) is 12.1. The Bertz CT molecular complexity index is 263. The van der Waals surface area contributed by atoms with E-state index in [9.17, 15) is 0 Å². The lowest BCUT2D eigenvalue weighted by atomic mass is 10.2. The monoisotopic (exact) mass is 220 g/mol. The standard InChI is InChI=1S/C12H18N2.C2H6/c1-2-13-8-10-14(11-9-13)12-6-4-3-5-7-12;1-2/h3-7H,2,8-11H2,1H3;1-2H3. The van der Waals surface area contributed by atoms with E-state index in [0.29, 0.717) is 0 Å². The second kappa shape index (κ2) is 7.29. The maximum absolute atomic E-state index is 2.50. The third-order valence-corrected chi connectivity index (χ3v) is 2.94. The Morgan fingerprint density at radius 3 is 2.00 bits per heavy atom. The van der Waals surface area contributed by atoms with Crippen molar-refractivity contribution in [1.29, 1.82) is 0 Å². The van der Waals surface area contributed by atoms with Crippen LogP contribution in [0.4, 0.5) is 5.69 Å². The fourth-order valence-electron chi connectivity index (χ4n) is 1.96. The first kappa shape index (κ1) is 13.0. The van der Waals surface area contributed by atoms with Crippen molar-refractivity contribution in [3.63, 3.8) is 0 Å². The highest BCUT2D eigenvalue weighted by Gasteiger charge is 2.14. The summed E-state index contributed by atoms with van der Waals surface area (Å²) in [4.78, 5) is 4.96. The third-order valence-electron chi connectivity index (χ3n) is 2.94. The number of hydrogen-bond acceptors (Lipinski definition) is 2. The molecule has 1 aromatic rings. The fraction of sp³-hybridized carbons (Fsp3) is 0.571. The number of benzene rings is 1. The lowest BCUT2D eigenvalue weighted by Crippen LogP contribution is -2.46. The van der Waals surface area contributed by atoms with Crippen LogP contribution in [-0.4, -0.2) is 37.6 Å². The van der Waals surface area contributed by atoms with Gasteiger partial charge in [0.1, 0.15) is 0 Å². The van der Waals surface area contributed by atoms with Gasteiger partial charge >= 0.3 is 0 Å². The predicted octanol–water partition coefficient (Wildman–Crippen LogP) is 2.85. The van der Waals surface area contributed by atoms with Gasteiger partial charge in [-0.05, 0) is 18.7 Å². The van der Waals surface area contributed by atoms with Crippen molar-refractivity contribution < 1.29 is 0 Å². The highest BCUT2D eigenvalue weighted by molar-refractivity contribution is 5.46. The molecule has 0 bridgehead atoms. The molecule has 0 spiro atoms. The highest BCUT2D eigenvalue weighted by Crippen LogP contribution is 2.14. The van der Waals surface area contributed by atoms with Gasteiger partial charge in [-0.25, -0.2) is 0 Å². The number of likely N-dealkylation sites (N-methyl/N-ethyl adjacent to an activating group) is 1. The minimum Gasteiger partial charge on any atom is -0.369 e. The van der Waals surface area contributed by atoms with Gasteiger partial charge < -0.3 is 9.80 Å². The van der Waals surface area contributed by atoms with E-state index in [1.165, 1.54) is 25.3 Å². The molecule has 1 aromatic carbocycles. The molecule has 90 valence electrons. The quantitative estimate of drug-likeness (QED) is 0.756. The van der Waals surface area contributed by atoms with Crippen molar-refractivity contribution in [2.24, 2.45) is 0 Å². The second-order valence-corrected chi connectivity index (χ2v) is 3.76. The van der Waals surface area contributed by atoms with Gasteiger partial charge in [0.15, 0.2) is 0 Å². The molecule has 0 atom stereocenters. The maximum atomic E-state index is 2.50. The van der Waals surface area contributed by atoms with Gasteiger partial charge in [0.25, 0.3) is 0 Å². The van der Waals surface area contributed by atoms with Gasteiger partial charge in [0.05, 0.1) is 0 Å². The molecule has 0 aliphatic carbocycles. The molecule has 16 heavy (non-hydrogen) atoms. The normalized spacial score (nSPS) is 16.6. The van der Waals surface area contributed by atoms with Crippen LogP contribution in [0.2, 0.25) is 0 Å². The molecule has 0 saturated carbocycles. The number of piperazine rings is 1. The minimum atomic E-state index is 1.16. The lowest BCUT2D eigenvalue weighted by molar-refractivity contribution is 0.271. The Labute approximate surface area is 99.9 Å². The van der Waals surface area contributed by atoms with E-state index < -0.39 is 0 Å². The van der Waals surface area contributed by atoms with Crippen LogP contribution < -0.4 is 4.90 Å². The first-order chi connectivity index (χ1) is 7.90. The Balaban J connectivity index is 0.000000606. The smallest absolute Gasteiger partial charge is 0.0367 e. The molecule has 0 amide bonds. The van der Waals surface area contributed by atoms with Crippen LogP contribution in [0.1, 0.15) is 20.8 Å². The molecule has 1 aliphatic rings. The molecule has 0 N–H and O–H groups in total. The summed E-state index contributed by atoms with van der Waals surface area (Å²) in [6.07, 6.45) is 0. The second-order valence-electron chi connectivity index (χ2n) is 3.76. The topological polar surface area (TPSA) is 6.48 Å². The van der Waals surface area contributed by atoms with E-state index in [2.05, 4.69) is 47.1 Å². The fourth-order valence-corrected chi connectivity index (χ4v) is 1.96. The van der Waals surface area contributed by atoms with Gasteiger partial charge in [-0.3, -0.25) is 0 Å². The van der Waals surface area contributed by atoms with E-state index in [4.69, 9.17) is 0 Å². The molecule has 1 fully saturated rings. The first-order valence-electron chi connectivity index (χ1n) is 6.42. The molecular weight excluding hydrogens is 196 g/mol. The molecule has 1 heterocycles. The van der Waals surface area contributed by atoms with E-state index in [1.54, 1.807) is 0 Å². The summed E-state index contributed by atoms with van der Waals surface area (Å²) < 4.78 is 0. The average Bonchev–Trinajstić information content (AvgIpc) is 2.42. The van der Waals surface area contributed by atoms with Crippen molar-refractivity contribution in [3.8, 4) is 0 Å².